The highest BCUT2D eigenvalue weighted by atomic mass is 79.9. The molecule has 1 amide bonds. The highest BCUT2D eigenvalue weighted by Gasteiger charge is 2.04. The van der Waals surface area contributed by atoms with E-state index in [1.54, 1.807) is 12.1 Å². The fourth-order valence-corrected chi connectivity index (χ4v) is 2.04. The third-order valence-corrected chi connectivity index (χ3v) is 3.32. The SMILES string of the molecule is O=C(Cc1ccc(F)cc1)Nc1ccc(CBr)cc1. The number of carbonyl (C=O) groups is 1. The number of benzene rings is 2. The summed E-state index contributed by atoms with van der Waals surface area (Å²) in [7, 11) is 0. The summed E-state index contributed by atoms with van der Waals surface area (Å²) in [5.41, 5.74) is 2.70. The molecule has 0 aliphatic carbocycles. The molecule has 1 N–H and O–H groups in total. The molecule has 0 radical (unpaired) electrons. The van der Waals surface area contributed by atoms with Crippen molar-refractivity contribution in [2.75, 3.05) is 5.32 Å². The fourth-order valence-electron chi connectivity index (χ4n) is 1.67. The number of halogens is 2. The third-order valence-electron chi connectivity index (χ3n) is 2.67. The molecule has 19 heavy (non-hydrogen) atoms. The zero-order valence-electron chi connectivity index (χ0n) is 10.2. The summed E-state index contributed by atoms with van der Waals surface area (Å²) >= 11 is 3.36. The average molecular weight is 322 g/mol. The second-order valence-electron chi connectivity index (χ2n) is 4.18. The van der Waals surface area contributed by atoms with Crippen molar-refractivity contribution < 1.29 is 9.18 Å². The Kier molecular flexibility index (Phi) is 4.68. The zero-order chi connectivity index (χ0) is 13.7. The predicted molar refractivity (Wildman–Crippen MR) is 77.8 cm³/mol. The van der Waals surface area contributed by atoms with E-state index in [0.717, 1.165) is 22.1 Å². The molecule has 98 valence electrons. The van der Waals surface area contributed by atoms with Gasteiger partial charge in [0.1, 0.15) is 5.82 Å². The van der Waals surface area contributed by atoms with E-state index in [2.05, 4.69) is 21.2 Å². The van der Waals surface area contributed by atoms with Crippen molar-refractivity contribution in [2.45, 2.75) is 11.8 Å². The molecule has 2 nitrogen and oxygen atoms in total. The number of carbonyl (C=O) groups excluding carboxylic acids is 1. The van der Waals surface area contributed by atoms with Gasteiger partial charge in [0.05, 0.1) is 6.42 Å². The minimum absolute atomic E-state index is 0.113. The molecular weight excluding hydrogens is 309 g/mol. The topological polar surface area (TPSA) is 29.1 Å². The van der Waals surface area contributed by atoms with Crippen molar-refractivity contribution in [1.82, 2.24) is 0 Å². The van der Waals surface area contributed by atoms with Crippen molar-refractivity contribution >= 4 is 27.5 Å². The van der Waals surface area contributed by atoms with Crippen LogP contribution in [0.15, 0.2) is 48.5 Å². The Balaban J connectivity index is 1.95. The summed E-state index contributed by atoms with van der Waals surface area (Å²) in [6.07, 6.45) is 0.237. The molecule has 0 fully saturated rings. The number of hydrogen-bond acceptors (Lipinski definition) is 1. The van der Waals surface area contributed by atoms with Crippen LogP contribution in [0.2, 0.25) is 0 Å². The lowest BCUT2D eigenvalue weighted by molar-refractivity contribution is -0.115. The molecule has 0 aliphatic heterocycles. The standard InChI is InChI=1S/C15H13BrFNO/c16-10-12-3-7-14(8-4-12)18-15(19)9-11-1-5-13(17)6-2-11/h1-8H,9-10H2,(H,18,19). The number of hydrogen-bond donors (Lipinski definition) is 1. The first kappa shape index (κ1) is 13.7. The highest BCUT2D eigenvalue weighted by molar-refractivity contribution is 9.08. The first-order valence-corrected chi connectivity index (χ1v) is 6.99. The molecule has 0 heterocycles. The number of rotatable bonds is 4. The van der Waals surface area contributed by atoms with Crippen molar-refractivity contribution in [2.24, 2.45) is 0 Å². The van der Waals surface area contributed by atoms with Gasteiger partial charge >= 0.3 is 0 Å². The van der Waals surface area contributed by atoms with E-state index in [9.17, 15) is 9.18 Å². The van der Waals surface area contributed by atoms with Crippen LogP contribution in [0.25, 0.3) is 0 Å². The van der Waals surface area contributed by atoms with Crippen LogP contribution in [-0.4, -0.2) is 5.91 Å². The summed E-state index contributed by atoms with van der Waals surface area (Å²) in [5, 5.41) is 3.60. The molecule has 2 aromatic carbocycles. The smallest absolute Gasteiger partial charge is 0.228 e. The predicted octanol–water partition coefficient (Wildman–Crippen LogP) is 3.90. The first-order chi connectivity index (χ1) is 9.17. The Bertz CT molecular complexity index is 551. The van der Waals surface area contributed by atoms with Gasteiger partial charge in [-0.05, 0) is 35.4 Å². The molecule has 0 aliphatic rings. The molecule has 0 atom stereocenters. The quantitative estimate of drug-likeness (QED) is 0.850. The minimum Gasteiger partial charge on any atom is -0.326 e. The number of alkyl halides is 1. The normalized spacial score (nSPS) is 10.2. The summed E-state index contributed by atoms with van der Waals surface area (Å²) in [5.74, 6) is -0.410. The lowest BCUT2D eigenvalue weighted by Crippen LogP contribution is -2.14. The van der Waals surface area contributed by atoms with Gasteiger partial charge < -0.3 is 5.32 Å². The fraction of sp³-hybridized carbons (Fsp3) is 0.133. The molecule has 0 bridgehead atoms. The van der Waals surface area contributed by atoms with Crippen LogP contribution in [0, 0.1) is 5.82 Å². The number of amides is 1. The van der Waals surface area contributed by atoms with Crippen molar-refractivity contribution in [3.05, 3.63) is 65.5 Å². The summed E-state index contributed by atoms with van der Waals surface area (Å²) in [6, 6.07) is 13.6. The number of anilines is 1. The Morgan fingerprint density at radius 3 is 2.16 bits per heavy atom. The minimum atomic E-state index is -0.297. The maximum absolute atomic E-state index is 12.7. The molecule has 0 unspecified atom stereocenters. The van der Waals surface area contributed by atoms with Crippen LogP contribution < -0.4 is 5.32 Å². The maximum Gasteiger partial charge on any atom is 0.228 e. The van der Waals surface area contributed by atoms with Gasteiger partial charge in [-0.25, -0.2) is 4.39 Å². The highest BCUT2D eigenvalue weighted by Crippen LogP contribution is 2.12. The Labute approximate surface area is 119 Å². The zero-order valence-corrected chi connectivity index (χ0v) is 11.8. The van der Waals surface area contributed by atoms with E-state index in [0.29, 0.717) is 0 Å². The third kappa shape index (κ3) is 4.17. The monoisotopic (exact) mass is 321 g/mol. The van der Waals surface area contributed by atoms with Crippen molar-refractivity contribution in [3.63, 3.8) is 0 Å². The van der Waals surface area contributed by atoms with E-state index in [1.807, 2.05) is 24.3 Å². The van der Waals surface area contributed by atoms with E-state index < -0.39 is 0 Å². The molecule has 0 aromatic heterocycles. The molecular formula is C15H13BrFNO. The van der Waals surface area contributed by atoms with Gasteiger partial charge in [0.2, 0.25) is 5.91 Å². The van der Waals surface area contributed by atoms with Gasteiger partial charge in [-0.3, -0.25) is 4.79 Å². The van der Waals surface area contributed by atoms with Gasteiger partial charge in [0.25, 0.3) is 0 Å². The average Bonchev–Trinajstić information content (AvgIpc) is 2.42. The van der Waals surface area contributed by atoms with E-state index in [1.165, 1.54) is 12.1 Å². The molecule has 0 saturated heterocycles. The Hall–Kier alpha value is -1.68. The van der Waals surface area contributed by atoms with Gasteiger partial charge in [-0.15, -0.1) is 0 Å². The summed E-state index contributed by atoms with van der Waals surface area (Å²) in [6.45, 7) is 0. The van der Waals surface area contributed by atoms with E-state index in [4.69, 9.17) is 0 Å². The molecule has 4 heteroatoms. The molecule has 0 saturated carbocycles. The Morgan fingerprint density at radius 1 is 1.00 bits per heavy atom. The van der Waals surface area contributed by atoms with E-state index >= 15 is 0 Å². The lowest BCUT2D eigenvalue weighted by atomic mass is 10.1. The molecule has 2 rings (SSSR count). The van der Waals surface area contributed by atoms with Crippen molar-refractivity contribution in [3.8, 4) is 0 Å². The summed E-state index contributed by atoms with van der Waals surface area (Å²) in [4.78, 5) is 11.8. The van der Waals surface area contributed by atoms with Crippen LogP contribution in [0.1, 0.15) is 11.1 Å². The van der Waals surface area contributed by atoms with Gasteiger partial charge in [-0.1, -0.05) is 40.2 Å². The number of nitrogens with one attached hydrogen (secondary N) is 1. The van der Waals surface area contributed by atoms with Gasteiger partial charge in [0, 0.05) is 11.0 Å². The summed E-state index contributed by atoms with van der Waals surface area (Å²) < 4.78 is 12.7. The van der Waals surface area contributed by atoms with E-state index in [-0.39, 0.29) is 18.1 Å². The van der Waals surface area contributed by atoms with Gasteiger partial charge in [0.15, 0.2) is 0 Å². The maximum atomic E-state index is 12.7. The van der Waals surface area contributed by atoms with Crippen LogP contribution in [0.4, 0.5) is 10.1 Å². The molecule has 0 spiro atoms. The largest absolute Gasteiger partial charge is 0.326 e. The van der Waals surface area contributed by atoms with Crippen LogP contribution in [-0.2, 0) is 16.5 Å². The first-order valence-electron chi connectivity index (χ1n) is 5.86. The Morgan fingerprint density at radius 2 is 1.58 bits per heavy atom. The van der Waals surface area contributed by atoms with Gasteiger partial charge in [-0.2, -0.15) is 0 Å². The van der Waals surface area contributed by atoms with Crippen molar-refractivity contribution in [1.29, 1.82) is 0 Å². The second kappa shape index (κ2) is 6.48. The van der Waals surface area contributed by atoms with Crippen LogP contribution >= 0.6 is 15.9 Å². The van der Waals surface area contributed by atoms with Crippen LogP contribution in [0.3, 0.4) is 0 Å². The van der Waals surface area contributed by atoms with Crippen LogP contribution in [0.5, 0.6) is 0 Å². The lowest BCUT2D eigenvalue weighted by Gasteiger charge is -2.06. The molecule has 2 aromatic rings. The second-order valence-corrected chi connectivity index (χ2v) is 4.74.